The van der Waals surface area contributed by atoms with Gasteiger partial charge in [0.05, 0.1) is 11.1 Å². The number of carbonyl (C=O) groups is 1. The fourth-order valence-electron chi connectivity index (χ4n) is 2.37. The number of hydrogen-bond donors (Lipinski definition) is 1. The van der Waals surface area contributed by atoms with Gasteiger partial charge in [0.25, 0.3) is 11.6 Å². The molecule has 3 rings (SSSR count). The normalized spacial score (nSPS) is 15.7. The quantitative estimate of drug-likeness (QED) is 0.499. The summed E-state index contributed by atoms with van der Waals surface area (Å²) in [5.41, 5.74) is 2.24. The number of benzene rings is 2. The molecule has 1 aliphatic heterocycles. The molecule has 1 atom stereocenters. The van der Waals surface area contributed by atoms with Crippen molar-refractivity contribution < 1.29 is 24.3 Å². The zero-order valence-electron chi connectivity index (χ0n) is 13.7. The van der Waals surface area contributed by atoms with Gasteiger partial charge in [-0.2, -0.15) is 5.10 Å². The average Bonchev–Trinajstić information content (AvgIpc) is 2.64. The Balaban J connectivity index is 1.68. The van der Waals surface area contributed by atoms with Crippen LogP contribution in [-0.2, 0) is 4.79 Å². The van der Waals surface area contributed by atoms with Crippen molar-refractivity contribution in [1.82, 2.24) is 5.43 Å². The number of nitro groups is 1. The predicted molar refractivity (Wildman–Crippen MR) is 89.4 cm³/mol. The Hall–Kier alpha value is -3.62. The van der Waals surface area contributed by atoms with E-state index >= 15 is 0 Å². The molecule has 1 aliphatic rings. The van der Waals surface area contributed by atoms with Gasteiger partial charge in [-0.25, -0.2) is 5.43 Å². The van der Waals surface area contributed by atoms with Crippen LogP contribution in [0.1, 0.15) is 11.1 Å². The molecule has 1 unspecified atom stereocenters. The van der Waals surface area contributed by atoms with Gasteiger partial charge < -0.3 is 14.6 Å². The van der Waals surface area contributed by atoms with E-state index in [0.29, 0.717) is 11.5 Å². The number of nitrogens with one attached hydrogen (secondary N) is 1. The molecule has 2 aromatic rings. The van der Waals surface area contributed by atoms with Gasteiger partial charge >= 0.3 is 0 Å². The summed E-state index contributed by atoms with van der Waals surface area (Å²) >= 11 is 0. The van der Waals surface area contributed by atoms with Gasteiger partial charge in [0.15, 0.2) is 11.5 Å². The van der Waals surface area contributed by atoms with Crippen LogP contribution in [0.25, 0.3) is 0 Å². The largest absolute Gasteiger partial charge is 0.872 e. The maximum Gasteiger partial charge on any atom is 0.284 e. The molecule has 1 N–H and O–H groups in total. The van der Waals surface area contributed by atoms with Crippen LogP contribution in [0.5, 0.6) is 17.2 Å². The molecule has 0 saturated heterocycles. The average molecular weight is 356 g/mol. The summed E-state index contributed by atoms with van der Waals surface area (Å²) in [5.74, 6) is 0.0206. The molecule has 0 spiro atoms. The highest BCUT2D eigenvalue weighted by molar-refractivity contribution is 5.87. The molecule has 0 fully saturated rings. The van der Waals surface area contributed by atoms with Gasteiger partial charge in [0, 0.05) is 12.1 Å². The van der Waals surface area contributed by atoms with Crippen molar-refractivity contribution in [2.24, 2.45) is 5.10 Å². The summed E-state index contributed by atoms with van der Waals surface area (Å²) in [6.07, 6.45) is 0.165. The maximum atomic E-state index is 12.1. The van der Waals surface area contributed by atoms with Gasteiger partial charge in [0.2, 0.25) is 6.10 Å². The number of non-ortho nitro benzene ring substituents is 1. The first kappa shape index (κ1) is 17.2. The Bertz CT molecular complexity index is 896. The van der Waals surface area contributed by atoms with Gasteiger partial charge in [-0.05, 0) is 24.6 Å². The lowest BCUT2D eigenvalue weighted by molar-refractivity contribution is -0.385. The van der Waals surface area contributed by atoms with Crippen molar-refractivity contribution in [3.05, 3.63) is 57.6 Å². The lowest BCUT2D eigenvalue weighted by Gasteiger charge is -2.24. The van der Waals surface area contributed by atoms with E-state index in [2.05, 4.69) is 10.5 Å². The fraction of sp³-hybridized carbons (Fsp3) is 0.176. The second-order valence-corrected chi connectivity index (χ2v) is 5.54. The van der Waals surface area contributed by atoms with Crippen molar-refractivity contribution in [3.8, 4) is 17.2 Å². The first-order chi connectivity index (χ1) is 12.5. The van der Waals surface area contributed by atoms with Gasteiger partial charge in [-0.3, -0.25) is 14.9 Å². The van der Waals surface area contributed by atoms with E-state index in [4.69, 9.17) is 9.47 Å². The van der Waals surface area contributed by atoms with E-state index in [1.54, 1.807) is 24.3 Å². The van der Waals surface area contributed by atoms with Crippen molar-refractivity contribution in [2.45, 2.75) is 13.0 Å². The van der Waals surface area contributed by atoms with E-state index in [0.717, 1.165) is 12.3 Å². The lowest BCUT2D eigenvalue weighted by Crippen LogP contribution is -2.42. The Kier molecular flexibility index (Phi) is 4.70. The molecule has 9 nitrogen and oxygen atoms in total. The van der Waals surface area contributed by atoms with Crippen LogP contribution in [0.15, 0.2) is 41.5 Å². The molecular formula is C17H14N3O6-. The Morgan fingerprint density at radius 1 is 1.35 bits per heavy atom. The minimum absolute atomic E-state index is 0.00292. The number of hydrogen-bond acceptors (Lipinski definition) is 7. The lowest BCUT2D eigenvalue weighted by atomic mass is 10.1. The topological polar surface area (TPSA) is 126 Å². The maximum absolute atomic E-state index is 12.1. The molecule has 0 aromatic heterocycles. The molecule has 0 aliphatic carbocycles. The standard InChI is InChI=1S/C17H15N3O6/c1-10-6-12(20(23)24)7-11(16(10)21)8-18-19-17(22)15-9-25-13-4-2-3-5-14(13)26-15/h2-8,15,21H,9H2,1H3,(H,19,22)/p-1. The SMILES string of the molecule is Cc1cc([N+](=O)[O-])cc(C=NNC(=O)C2COc3ccccc3O2)c1[O-]. The Morgan fingerprint density at radius 3 is 2.81 bits per heavy atom. The predicted octanol–water partition coefficient (Wildman–Crippen LogP) is 1.27. The minimum Gasteiger partial charge on any atom is -0.872 e. The summed E-state index contributed by atoms with van der Waals surface area (Å²) in [7, 11) is 0. The number of aryl methyl sites for hydroxylation is 1. The van der Waals surface area contributed by atoms with Crippen LogP contribution < -0.4 is 20.0 Å². The number of para-hydroxylation sites is 2. The van der Waals surface area contributed by atoms with Crippen molar-refractivity contribution >= 4 is 17.8 Å². The molecule has 9 heteroatoms. The molecule has 134 valence electrons. The van der Waals surface area contributed by atoms with E-state index < -0.39 is 22.7 Å². The third kappa shape index (κ3) is 3.56. The number of amides is 1. The summed E-state index contributed by atoms with van der Waals surface area (Å²) in [6.45, 7) is 1.48. The van der Waals surface area contributed by atoms with Crippen LogP contribution >= 0.6 is 0 Å². The van der Waals surface area contributed by atoms with E-state index in [-0.39, 0.29) is 23.4 Å². The van der Waals surface area contributed by atoms with Crippen molar-refractivity contribution in [2.75, 3.05) is 6.61 Å². The van der Waals surface area contributed by atoms with Gasteiger partial charge in [-0.15, -0.1) is 0 Å². The molecule has 1 heterocycles. The van der Waals surface area contributed by atoms with Gasteiger partial charge in [0.1, 0.15) is 6.61 Å². The first-order valence-electron chi connectivity index (χ1n) is 7.63. The number of ether oxygens (including phenoxy) is 2. The fourth-order valence-corrected chi connectivity index (χ4v) is 2.37. The molecule has 2 aromatic carbocycles. The first-order valence-corrected chi connectivity index (χ1v) is 7.63. The summed E-state index contributed by atoms with van der Waals surface area (Å²) < 4.78 is 11.0. The van der Waals surface area contributed by atoms with E-state index in [1.807, 2.05) is 0 Å². The van der Waals surface area contributed by atoms with Crippen LogP contribution in [0.3, 0.4) is 0 Å². The second-order valence-electron chi connectivity index (χ2n) is 5.54. The summed E-state index contributed by atoms with van der Waals surface area (Å²) in [5, 5.41) is 26.5. The molecular weight excluding hydrogens is 342 g/mol. The number of nitro benzene ring substituents is 1. The third-order valence-electron chi connectivity index (χ3n) is 3.68. The number of nitrogens with zero attached hydrogens (tertiary/aromatic N) is 2. The molecule has 26 heavy (non-hydrogen) atoms. The van der Waals surface area contributed by atoms with E-state index in [9.17, 15) is 20.0 Å². The minimum atomic E-state index is -0.902. The zero-order valence-corrected chi connectivity index (χ0v) is 13.7. The zero-order chi connectivity index (χ0) is 18.7. The van der Waals surface area contributed by atoms with Crippen LogP contribution in [0.4, 0.5) is 5.69 Å². The van der Waals surface area contributed by atoms with Crippen LogP contribution in [-0.4, -0.2) is 29.8 Å². The van der Waals surface area contributed by atoms with Crippen LogP contribution in [0.2, 0.25) is 0 Å². The van der Waals surface area contributed by atoms with Crippen molar-refractivity contribution in [3.63, 3.8) is 0 Å². The molecule has 0 bridgehead atoms. The van der Waals surface area contributed by atoms with E-state index in [1.165, 1.54) is 13.0 Å². The van der Waals surface area contributed by atoms with Gasteiger partial charge in [-0.1, -0.05) is 23.4 Å². The number of fused-ring (bicyclic) bond motifs is 1. The monoisotopic (exact) mass is 356 g/mol. The van der Waals surface area contributed by atoms with Crippen molar-refractivity contribution in [1.29, 1.82) is 0 Å². The Labute approximate surface area is 148 Å². The summed E-state index contributed by atoms with van der Waals surface area (Å²) in [4.78, 5) is 22.4. The molecule has 0 saturated carbocycles. The highest BCUT2D eigenvalue weighted by atomic mass is 16.6. The molecule has 0 radical (unpaired) electrons. The van der Waals surface area contributed by atoms with Crippen LogP contribution in [0, 0.1) is 17.0 Å². The highest BCUT2D eigenvalue weighted by Gasteiger charge is 2.27. The number of rotatable bonds is 4. The highest BCUT2D eigenvalue weighted by Crippen LogP contribution is 2.30. The Morgan fingerprint density at radius 2 is 2.08 bits per heavy atom. The smallest absolute Gasteiger partial charge is 0.284 e. The number of hydrazone groups is 1. The summed E-state index contributed by atoms with van der Waals surface area (Å²) in [6, 6.07) is 9.22. The number of carbonyl (C=O) groups excluding carboxylic acids is 1. The third-order valence-corrected chi connectivity index (χ3v) is 3.68. The second kappa shape index (κ2) is 7.09. The molecule has 1 amide bonds.